The van der Waals surface area contributed by atoms with E-state index < -0.39 is 11.9 Å². The van der Waals surface area contributed by atoms with Crippen molar-refractivity contribution in [3.05, 3.63) is 28.0 Å². The summed E-state index contributed by atoms with van der Waals surface area (Å²) in [7, 11) is 0. The van der Waals surface area contributed by atoms with Crippen molar-refractivity contribution in [1.82, 2.24) is 4.98 Å². The zero-order valence-electron chi connectivity index (χ0n) is 5.16. The van der Waals surface area contributed by atoms with Gasteiger partial charge in [0.15, 0.2) is 0 Å². The van der Waals surface area contributed by atoms with Crippen LogP contribution in [0.25, 0.3) is 0 Å². The minimum Gasteiger partial charge on any atom is -0.190 e. The van der Waals surface area contributed by atoms with Crippen molar-refractivity contribution in [2.75, 3.05) is 0 Å². The Bertz CT molecular complexity index is 239. The minimum atomic E-state index is -0.810. The lowest BCUT2D eigenvalue weighted by Gasteiger charge is -1.96. The highest BCUT2D eigenvalue weighted by Crippen LogP contribution is 2.17. The molecule has 1 aromatic rings. The van der Waals surface area contributed by atoms with Gasteiger partial charge in [-0.25, -0.2) is 0 Å². The zero-order chi connectivity index (χ0) is 7.72. The summed E-state index contributed by atoms with van der Waals surface area (Å²) in [4.78, 5) is 2.97. The van der Waals surface area contributed by atoms with Gasteiger partial charge < -0.3 is 0 Å². The normalized spacial score (nSPS) is 10.0. The molecule has 0 unspecified atom stereocenters. The summed E-state index contributed by atoms with van der Waals surface area (Å²) in [6.07, 6.45) is 0. The number of pyridine rings is 1. The molecule has 0 aromatic carbocycles. The molecule has 4 heteroatoms. The summed E-state index contributed by atoms with van der Waals surface area (Å²) in [5.41, 5.74) is 0.321. The highest BCUT2D eigenvalue weighted by atomic mass is 79.9. The maximum Gasteiger partial charge on any atom is 0.219 e. The first-order valence-corrected chi connectivity index (χ1v) is 3.38. The first kappa shape index (κ1) is 7.60. The first-order valence-electron chi connectivity index (χ1n) is 2.59. The topological polar surface area (TPSA) is 12.9 Å². The van der Waals surface area contributed by atoms with E-state index in [0.29, 0.717) is 10.0 Å². The Balaban J connectivity index is 3.31. The van der Waals surface area contributed by atoms with E-state index in [1.54, 1.807) is 0 Å². The molecule has 0 bridgehead atoms. The minimum absolute atomic E-state index is 0.321. The van der Waals surface area contributed by atoms with Crippen molar-refractivity contribution < 1.29 is 8.78 Å². The van der Waals surface area contributed by atoms with Gasteiger partial charge in [-0.3, -0.25) is 0 Å². The highest BCUT2D eigenvalue weighted by molar-refractivity contribution is 9.10. The van der Waals surface area contributed by atoms with E-state index in [2.05, 4.69) is 20.9 Å². The molecule has 1 rings (SSSR count). The second-order valence-corrected chi connectivity index (χ2v) is 2.70. The Morgan fingerprint density at radius 2 is 2.10 bits per heavy atom. The Kier molecular flexibility index (Phi) is 1.99. The summed E-state index contributed by atoms with van der Waals surface area (Å²) < 4.78 is 25.1. The standard InChI is InChI=1S/C6H4BrF2N/c1-3-4(7)2-5(8)10-6(3)9/h2H,1H3. The molecule has 0 amide bonds. The molecule has 0 aliphatic rings. The molecule has 54 valence electrons. The smallest absolute Gasteiger partial charge is 0.190 e. The fourth-order valence-corrected chi connectivity index (χ4v) is 0.874. The molecule has 0 saturated heterocycles. The van der Waals surface area contributed by atoms with E-state index >= 15 is 0 Å². The molecule has 0 N–H and O–H groups in total. The Morgan fingerprint density at radius 3 is 2.60 bits per heavy atom. The predicted molar refractivity (Wildman–Crippen MR) is 36.6 cm³/mol. The van der Waals surface area contributed by atoms with Gasteiger partial charge in [-0.15, -0.1) is 0 Å². The molecule has 0 fully saturated rings. The lowest BCUT2D eigenvalue weighted by atomic mass is 10.3. The van der Waals surface area contributed by atoms with Crippen LogP contribution in [0.2, 0.25) is 0 Å². The van der Waals surface area contributed by atoms with Gasteiger partial charge in [0.25, 0.3) is 0 Å². The molecule has 0 aliphatic heterocycles. The quantitative estimate of drug-likeness (QED) is 0.596. The van der Waals surface area contributed by atoms with E-state index in [9.17, 15) is 8.78 Å². The van der Waals surface area contributed by atoms with Crippen molar-refractivity contribution >= 4 is 15.9 Å². The number of nitrogens with zero attached hydrogens (tertiary/aromatic N) is 1. The third-order valence-electron chi connectivity index (χ3n) is 1.12. The van der Waals surface area contributed by atoms with Crippen LogP contribution in [0.4, 0.5) is 8.78 Å². The molecule has 1 heterocycles. The van der Waals surface area contributed by atoms with Gasteiger partial charge in [0.05, 0.1) is 0 Å². The average Bonchev–Trinajstić information content (AvgIpc) is 1.82. The van der Waals surface area contributed by atoms with E-state index in [4.69, 9.17) is 0 Å². The van der Waals surface area contributed by atoms with Crippen molar-refractivity contribution in [3.8, 4) is 0 Å². The molecule has 0 atom stereocenters. The van der Waals surface area contributed by atoms with Crippen LogP contribution >= 0.6 is 15.9 Å². The first-order chi connectivity index (χ1) is 4.61. The molecule has 0 spiro atoms. The van der Waals surface area contributed by atoms with Crippen molar-refractivity contribution in [2.24, 2.45) is 0 Å². The average molecular weight is 208 g/mol. The summed E-state index contributed by atoms with van der Waals surface area (Å²) in [6, 6.07) is 1.12. The van der Waals surface area contributed by atoms with E-state index in [1.807, 2.05) is 0 Å². The highest BCUT2D eigenvalue weighted by Gasteiger charge is 2.04. The number of hydrogen-bond acceptors (Lipinski definition) is 1. The van der Waals surface area contributed by atoms with E-state index in [1.165, 1.54) is 6.92 Å². The van der Waals surface area contributed by atoms with Gasteiger partial charge in [0.2, 0.25) is 11.9 Å². The number of aromatic nitrogens is 1. The van der Waals surface area contributed by atoms with Crippen LogP contribution in [0, 0.1) is 18.8 Å². The number of hydrogen-bond donors (Lipinski definition) is 0. The van der Waals surface area contributed by atoms with Crippen molar-refractivity contribution in [1.29, 1.82) is 0 Å². The molecular formula is C6H4BrF2N. The largest absolute Gasteiger partial charge is 0.219 e. The second kappa shape index (κ2) is 2.62. The van der Waals surface area contributed by atoms with Crippen LogP contribution in [-0.4, -0.2) is 4.98 Å². The SMILES string of the molecule is Cc1c(Br)cc(F)nc1F. The molecular weight excluding hydrogens is 204 g/mol. The van der Waals surface area contributed by atoms with Gasteiger partial charge in [-0.05, 0) is 6.92 Å². The van der Waals surface area contributed by atoms with Gasteiger partial charge >= 0.3 is 0 Å². The summed E-state index contributed by atoms with van der Waals surface area (Å²) in [5, 5.41) is 0. The summed E-state index contributed by atoms with van der Waals surface area (Å²) >= 11 is 2.98. The maximum atomic E-state index is 12.5. The van der Waals surface area contributed by atoms with Crippen LogP contribution in [-0.2, 0) is 0 Å². The van der Waals surface area contributed by atoms with Crippen molar-refractivity contribution in [2.45, 2.75) is 6.92 Å². The second-order valence-electron chi connectivity index (χ2n) is 1.84. The van der Waals surface area contributed by atoms with Crippen LogP contribution in [0.5, 0.6) is 0 Å². The number of rotatable bonds is 0. The fraction of sp³-hybridized carbons (Fsp3) is 0.167. The lowest BCUT2D eigenvalue weighted by molar-refractivity contribution is 0.505. The molecule has 0 aliphatic carbocycles. The Hall–Kier alpha value is -0.510. The fourth-order valence-electron chi connectivity index (χ4n) is 0.521. The third kappa shape index (κ3) is 1.31. The molecule has 0 radical (unpaired) electrons. The van der Waals surface area contributed by atoms with Crippen LogP contribution < -0.4 is 0 Å². The van der Waals surface area contributed by atoms with Gasteiger partial charge in [0, 0.05) is 16.1 Å². The van der Waals surface area contributed by atoms with Gasteiger partial charge in [0.1, 0.15) is 0 Å². The Morgan fingerprint density at radius 1 is 1.50 bits per heavy atom. The zero-order valence-corrected chi connectivity index (χ0v) is 6.74. The van der Waals surface area contributed by atoms with Gasteiger partial charge in [-0.2, -0.15) is 13.8 Å². The molecule has 1 nitrogen and oxygen atoms in total. The summed E-state index contributed by atoms with van der Waals surface area (Å²) in [6.45, 7) is 1.52. The van der Waals surface area contributed by atoms with Gasteiger partial charge in [-0.1, -0.05) is 15.9 Å². The van der Waals surface area contributed by atoms with Crippen molar-refractivity contribution in [3.63, 3.8) is 0 Å². The number of halogens is 3. The van der Waals surface area contributed by atoms with Crippen LogP contribution in [0.15, 0.2) is 10.5 Å². The Labute approximate surface area is 65.2 Å². The monoisotopic (exact) mass is 207 g/mol. The van der Waals surface area contributed by atoms with E-state index in [0.717, 1.165) is 6.07 Å². The predicted octanol–water partition coefficient (Wildman–Crippen LogP) is 2.43. The van der Waals surface area contributed by atoms with Crippen LogP contribution in [0.3, 0.4) is 0 Å². The molecule has 10 heavy (non-hydrogen) atoms. The molecule has 1 aromatic heterocycles. The van der Waals surface area contributed by atoms with Crippen LogP contribution in [0.1, 0.15) is 5.56 Å². The lowest BCUT2D eigenvalue weighted by Crippen LogP contribution is -1.92. The maximum absolute atomic E-state index is 12.5. The summed E-state index contributed by atoms with van der Waals surface area (Å²) in [5.74, 6) is -1.58. The third-order valence-corrected chi connectivity index (χ3v) is 1.94. The molecule has 0 saturated carbocycles. The van der Waals surface area contributed by atoms with E-state index in [-0.39, 0.29) is 0 Å².